The maximum absolute atomic E-state index is 13.2. The molecule has 12 nitrogen and oxygen atoms in total. The second kappa shape index (κ2) is 8.01. The van der Waals surface area contributed by atoms with E-state index < -0.39 is 20.9 Å². The van der Waals surface area contributed by atoms with Crippen molar-refractivity contribution >= 4 is 32.7 Å². The van der Waals surface area contributed by atoms with Gasteiger partial charge in [-0.3, -0.25) is 14.9 Å². The van der Waals surface area contributed by atoms with E-state index in [-0.39, 0.29) is 67.0 Å². The van der Waals surface area contributed by atoms with Gasteiger partial charge in [-0.1, -0.05) is 0 Å². The lowest BCUT2D eigenvalue weighted by Gasteiger charge is -2.34. The lowest BCUT2D eigenvalue weighted by Crippen LogP contribution is -2.50. The Labute approximate surface area is 187 Å². The molecule has 2 aliphatic rings. The molecule has 2 aliphatic heterocycles. The van der Waals surface area contributed by atoms with Crippen molar-refractivity contribution in [2.24, 2.45) is 0 Å². The first-order valence-electron chi connectivity index (χ1n) is 10.2. The number of amides is 1. The van der Waals surface area contributed by atoms with Crippen molar-refractivity contribution in [2.75, 3.05) is 39.4 Å². The smallest absolute Gasteiger partial charge is 0.286 e. The van der Waals surface area contributed by atoms with Crippen LogP contribution in [0.1, 0.15) is 10.4 Å². The predicted molar refractivity (Wildman–Crippen MR) is 115 cm³/mol. The molecule has 0 spiro atoms. The fraction of sp³-hybridized carbons (Fsp3) is 0.300. The van der Waals surface area contributed by atoms with Gasteiger partial charge >= 0.3 is 0 Å². The van der Waals surface area contributed by atoms with Crippen LogP contribution in [-0.4, -0.2) is 77.8 Å². The van der Waals surface area contributed by atoms with Gasteiger partial charge in [0.15, 0.2) is 11.5 Å². The molecule has 13 heteroatoms. The molecule has 4 heterocycles. The van der Waals surface area contributed by atoms with E-state index >= 15 is 0 Å². The van der Waals surface area contributed by atoms with Crippen molar-refractivity contribution in [2.45, 2.75) is 4.90 Å². The van der Waals surface area contributed by atoms with Crippen LogP contribution < -0.4 is 9.47 Å². The van der Waals surface area contributed by atoms with Gasteiger partial charge in [0, 0.05) is 50.0 Å². The molecule has 0 aliphatic carbocycles. The highest BCUT2D eigenvalue weighted by atomic mass is 32.2. The minimum atomic E-state index is -3.81. The van der Waals surface area contributed by atoms with Gasteiger partial charge in [-0.05, 0) is 12.1 Å². The van der Waals surface area contributed by atoms with Gasteiger partial charge < -0.3 is 19.4 Å². The fourth-order valence-electron chi connectivity index (χ4n) is 3.99. The van der Waals surface area contributed by atoms with Crippen LogP contribution in [0.15, 0.2) is 41.6 Å². The number of piperazine rings is 1. The van der Waals surface area contributed by atoms with Crippen LogP contribution in [0, 0.1) is 10.1 Å². The monoisotopic (exact) mass is 473 g/mol. The summed E-state index contributed by atoms with van der Waals surface area (Å²) >= 11 is 0. The summed E-state index contributed by atoms with van der Waals surface area (Å²) in [7, 11) is -3.81. The number of nitrogens with one attached hydrogen (secondary N) is 1. The van der Waals surface area contributed by atoms with E-state index in [9.17, 15) is 23.3 Å². The van der Waals surface area contributed by atoms with Crippen molar-refractivity contribution in [3.8, 4) is 11.5 Å². The number of aromatic nitrogens is 2. The average molecular weight is 473 g/mol. The Morgan fingerprint density at radius 1 is 1.12 bits per heavy atom. The molecule has 1 amide bonds. The Morgan fingerprint density at radius 3 is 2.52 bits per heavy atom. The summed E-state index contributed by atoms with van der Waals surface area (Å²) in [6.45, 7) is 0.825. The number of nitro benzene ring substituents is 1. The number of pyridine rings is 1. The highest BCUT2D eigenvalue weighted by Crippen LogP contribution is 2.37. The van der Waals surface area contributed by atoms with Gasteiger partial charge in [0.2, 0.25) is 10.0 Å². The molecule has 1 saturated heterocycles. The first kappa shape index (κ1) is 21.2. The summed E-state index contributed by atoms with van der Waals surface area (Å²) in [5.74, 6) is -0.0787. The molecule has 0 bridgehead atoms. The van der Waals surface area contributed by atoms with Gasteiger partial charge in [0.25, 0.3) is 11.6 Å². The number of nitro groups is 1. The number of aromatic amines is 1. The number of ether oxygens (including phenoxy) is 2. The topological polar surface area (TPSA) is 148 Å². The van der Waals surface area contributed by atoms with Crippen LogP contribution in [0.2, 0.25) is 0 Å². The van der Waals surface area contributed by atoms with Crippen molar-refractivity contribution in [1.29, 1.82) is 0 Å². The first-order chi connectivity index (χ1) is 15.9. The van der Waals surface area contributed by atoms with Gasteiger partial charge in [-0.2, -0.15) is 4.31 Å². The van der Waals surface area contributed by atoms with E-state index in [4.69, 9.17) is 9.47 Å². The van der Waals surface area contributed by atoms with E-state index in [0.29, 0.717) is 11.0 Å². The van der Waals surface area contributed by atoms with Crippen LogP contribution in [0.25, 0.3) is 11.0 Å². The second-order valence-electron chi connectivity index (χ2n) is 7.52. The molecule has 33 heavy (non-hydrogen) atoms. The molecule has 0 atom stereocenters. The molecule has 0 saturated carbocycles. The minimum Gasteiger partial charge on any atom is -0.486 e. The lowest BCUT2D eigenvalue weighted by atomic mass is 10.1. The predicted octanol–water partition coefficient (Wildman–Crippen LogP) is 1.39. The minimum absolute atomic E-state index is 0.0549. The van der Waals surface area contributed by atoms with Crippen LogP contribution in [0.3, 0.4) is 0 Å². The standard InChI is InChI=1S/C20H19N5O7S/c26-20(14-10-16-17(32-9-8-31-16)11-15(14)25(27)28)23-4-6-24(7-5-23)33(29,30)18-12-22-19-13(18)2-1-3-21-19/h1-3,10-12H,4-9H2,(H,21,22). The van der Waals surface area contributed by atoms with Crippen molar-refractivity contribution < 1.29 is 27.6 Å². The molecular formula is C20H19N5O7S. The maximum atomic E-state index is 13.2. The number of fused-ring (bicyclic) bond motifs is 2. The molecule has 0 radical (unpaired) electrons. The Bertz CT molecular complexity index is 1360. The van der Waals surface area contributed by atoms with Crippen molar-refractivity contribution in [3.63, 3.8) is 0 Å². The number of carbonyl (C=O) groups excluding carboxylic acids is 1. The Morgan fingerprint density at radius 2 is 1.82 bits per heavy atom. The zero-order valence-electron chi connectivity index (χ0n) is 17.3. The van der Waals surface area contributed by atoms with Gasteiger partial charge in [0.1, 0.15) is 29.3 Å². The molecule has 172 valence electrons. The molecule has 5 rings (SSSR count). The molecule has 1 N–H and O–H groups in total. The van der Waals surface area contributed by atoms with E-state index in [1.807, 2.05) is 0 Å². The second-order valence-corrected chi connectivity index (χ2v) is 9.43. The van der Waals surface area contributed by atoms with Gasteiger partial charge in [-0.25, -0.2) is 13.4 Å². The van der Waals surface area contributed by atoms with Crippen molar-refractivity contribution in [3.05, 3.63) is 52.3 Å². The molecule has 3 aromatic rings. The first-order valence-corrected chi connectivity index (χ1v) is 11.6. The highest BCUT2D eigenvalue weighted by Gasteiger charge is 2.35. The number of nitrogens with zero attached hydrogens (tertiary/aromatic N) is 4. The van der Waals surface area contributed by atoms with E-state index in [0.717, 1.165) is 0 Å². The summed E-state index contributed by atoms with van der Waals surface area (Å²) in [4.78, 5) is 32.5. The van der Waals surface area contributed by atoms with E-state index in [2.05, 4.69) is 9.97 Å². The van der Waals surface area contributed by atoms with E-state index in [1.54, 1.807) is 18.3 Å². The number of hydrogen-bond donors (Lipinski definition) is 1. The summed E-state index contributed by atoms with van der Waals surface area (Å²) in [5, 5.41) is 12.0. The van der Waals surface area contributed by atoms with Crippen LogP contribution in [-0.2, 0) is 10.0 Å². The molecule has 1 fully saturated rings. The lowest BCUT2D eigenvalue weighted by molar-refractivity contribution is -0.385. The third-order valence-corrected chi connectivity index (χ3v) is 7.58. The largest absolute Gasteiger partial charge is 0.486 e. The SMILES string of the molecule is O=C(c1cc2c(cc1[N+](=O)[O-])OCCO2)N1CCN(S(=O)(=O)c2c[nH]c3ncccc23)CC1. The van der Waals surface area contributed by atoms with Gasteiger partial charge in [0.05, 0.1) is 11.0 Å². The molecule has 1 aromatic carbocycles. The number of sulfonamides is 1. The molecular weight excluding hydrogens is 454 g/mol. The van der Waals surface area contributed by atoms with Crippen LogP contribution in [0.4, 0.5) is 5.69 Å². The zero-order chi connectivity index (χ0) is 23.2. The summed E-state index contributed by atoms with van der Waals surface area (Å²) < 4.78 is 38.5. The number of rotatable bonds is 4. The fourth-order valence-corrected chi connectivity index (χ4v) is 5.56. The molecule has 2 aromatic heterocycles. The highest BCUT2D eigenvalue weighted by molar-refractivity contribution is 7.89. The number of H-pyrrole nitrogens is 1. The Balaban J connectivity index is 1.36. The molecule has 0 unspecified atom stereocenters. The van der Waals surface area contributed by atoms with Crippen LogP contribution >= 0.6 is 0 Å². The van der Waals surface area contributed by atoms with Crippen LogP contribution in [0.5, 0.6) is 11.5 Å². The van der Waals surface area contributed by atoms with E-state index in [1.165, 1.54) is 27.5 Å². The van der Waals surface area contributed by atoms with Gasteiger partial charge in [-0.15, -0.1) is 0 Å². The number of hydrogen-bond acceptors (Lipinski definition) is 8. The normalized spacial score (nSPS) is 16.7. The van der Waals surface area contributed by atoms with Crippen molar-refractivity contribution in [1.82, 2.24) is 19.2 Å². The quantitative estimate of drug-likeness (QED) is 0.441. The summed E-state index contributed by atoms with van der Waals surface area (Å²) in [6, 6.07) is 5.84. The third-order valence-electron chi connectivity index (χ3n) is 5.64. The third kappa shape index (κ3) is 3.64. The Hall–Kier alpha value is -3.71. The maximum Gasteiger partial charge on any atom is 0.286 e. The average Bonchev–Trinajstić information content (AvgIpc) is 3.28. The summed E-state index contributed by atoms with van der Waals surface area (Å²) in [5.41, 5.74) is -0.0374. The summed E-state index contributed by atoms with van der Waals surface area (Å²) in [6.07, 6.45) is 2.97. The Kier molecular flexibility index (Phi) is 5.13. The number of benzene rings is 1. The zero-order valence-corrected chi connectivity index (χ0v) is 18.1. The number of carbonyl (C=O) groups is 1.